The Labute approximate surface area is 115 Å². The number of rotatable bonds is 2. The van der Waals surface area contributed by atoms with Crippen molar-refractivity contribution >= 4 is 5.69 Å². The van der Waals surface area contributed by atoms with Crippen LogP contribution in [0.15, 0.2) is 24.3 Å². The summed E-state index contributed by atoms with van der Waals surface area (Å²) >= 11 is 0. The topological polar surface area (TPSA) is 32.3 Å². The number of benzene rings is 1. The molecule has 1 aromatic rings. The minimum atomic E-state index is -0.482. The maximum Gasteiger partial charge on any atom is 0.0853 e. The zero-order valence-electron chi connectivity index (χ0n) is 11.4. The van der Waals surface area contributed by atoms with Gasteiger partial charge in [0.05, 0.1) is 11.6 Å². The molecule has 4 rings (SSSR count). The molecular formula is C17H23NO. The first kappa shape index (κ1) is 11.8. The van der Waals surface area contributed by atoms with E-state index in [2.05, 4.69) is 29.6 Å². The highest BCUT2D eigenvalue weighted by Crippen LogP contribution is 2.48. The standard InChI is InChI=1S/C17H23NO/c19-17(9-3-5-14(11-17)12-7-8-12)16-10-13-4-1-2-6-15(13)18-16/h1-2,4,6,12,14,16,18-19H,3,5,7-11H2. The maximum atomic E-state index is 11.1. The molecule has 1 heterocycles. The molecule has 0 saturated heterocycles. The van der Waals surface area contributed by atoms with Gasteiger partial charge in [-0.2, -0.15) is 0 Å². The van der Waals surface area contributed by atoms with Crippen molar-refractivity contribution in [2.45, 2.75) is 56.6 Å². The van der Waals surface area contributed by atoms with Crippen LogP contribution in [0.1, 0.15) is 44.1 Å². The number of para-hydroxylation sites is 1. The molecule has 2 fully saturated rings. The zero-order valence-corrected chi connectivity index (χ0v) is 11.4. The fourth-order valence-electron chi connectivity index (χ4n) is 4.24. The van der Waals surface area contributed by atoms with Crippen molar-refractivity contribution in [1.82, 2.24) is 0 Å². The molecule has 0 aromatic heterocycles. The molecule has 0 bridgehead atoms. The number of hydrogen-bond acceptors (Lipinski definition) is 2. The van der Waals surface area contributed by atoms with E-state index in [9.17, 15) is 5.11 Å². The third kappa shape index (κ3) is 2.06. The van der Waals surface area contributed by atoms with Gasteiger partial charge in [-0.25, -0.2) is 0 Å². The van der Waals surface area contributed by atoms with Gasteiger partial charge in [-0.3, -0.25) is 0 Å². The van der Waals surface area contributed by atoms with Crippen molar-refractivity contribution < 1.29 is 5.11 Å². The van der Waals surface area contributed by atoms with E-state index in [4.69, 9.17) is 0 Å². The minimum absolute atomic E-state index is 0.228. The minimum Gasteiger partial charge on any atom is -0.388 e. The third-order valence-electron chi connectivity index (χ3n) is 5.51. The number of anilines is 1. The highest BCUT2D eigenvalue weighted by atomic mass is 16.3. The molecule has 2 heteroatoms. The summed E-state index contributed by atoms with van der Waals surface area (Å²) < 4.78 is 0. The second-order valence-corrected chi connectivity index (χ2v) is 6.86. The lowest BCUT2D eigenvalue weighted by Crippen LogP contribution is -2.49. The van der Waals surface area contributed by atoms with Crippen LogP contribution in [0.3, 0.4) is 0 Å². The second kappa shape index (κ2) is 4.24. The molecule has 102 valence electrons. The van der Waals surface area contributed by atoms with E-state index in [1.807, 2.05) is 0 Å². The van der Waals surface area contributed by atoms with Gasteiger partial charge in [0.15, 0.2) is 0 Å². The van der Waals surface area contributed by atoms with Gasteiger partial charge in [-0.1, -0.05) is 24.6 Å². The maximum absolute atomic E-state index is 11.1. The van der Waals surface area contributed by atoms with E-state index in [1.165, 1.54) is 36.9 Å². The lowest BCUT2D eigenvalue weighted by molar-refractivity contribution is -0.0339. The molecule has 0 amide bonds. The molecule has 1 aromatic carbocycles. The van der Waals surface area contributed by atoms with Crippen molar-refractivity contribution in [3.63, 3.8) is 0 Å². The molecule has 2 N–H and O–H groups in total. The molecule has 2 aliphatic carbocycles. The zero-order chi connectivity index (χ0) is 12.9. The lowest BCUT2D eigenvalue weighted by Gasteiger charge is -2.41. The van der Waals surface area contributed by atoms with E-state index in [0.717, 1.165) is 31.1 Å². The van der Waals surface area contributed by atoms with Gasteiger partial charge in [0.1, 0.15) is 0 Å². The van der Waals surface area contributed by atoms with Gasteiger partial charge in [0, 0.05) is 5.69 Å². The highest BCUT2D eigenvalue weighted by Gasteiger charge is 2.46. The van der Waals surface area contributed by atoms with Crippen molar-refractivity contribution in [2.75, 3.05) is 5.32 Å². The molecule has 0 spiro atoms. The monoisotopic (exact) mass is 257 g/mol. The fourth-order valence-corrected chi connectivity index (χ4v) is 4.24. The molecule has 1 aliphatic heterocycles. The Bertz CT molecular complexity index is 457. The SMILES string of the molecule is OC1(C2Cc3ccccc3N2)CCCC(C2CC2)C1. The average molecular weight is 257 g/mol. The van der Waals surface area contributed by atoms with Crippen LogP contribution in [0.5, 0.6) is 0 Å². The van der Waals surface area contributed by atoms with Crippen molar-refractivity contribution in [1.29, 1.82) is 0 Å². The summed E-state index contributed by atoms with van der Waals surface area (Å²) in [4.78, 5) is 0. The Hall–Kier alpha value is -1.02. The van der Waals surface area contributed by atoms with Gasteiger partial charge in [0.2, 0.25) is 0 Å². The van der Waals surface area contributed by atoms with Crippen LogP contribution in [0.2, 0.25) is 0 Å². The summed E-state index contributed by atoms with van der Waals surface area (Å²) in [5, 5.41) is 14.7. The van der Waals surface area contributed by atoms with Gasteiger partial charge < -0.3 is 10.4 Å². The van der Waals surface area contributed by atoms with Crippen LogP contribution in [0, 0.1) is 11.8 Å². The van der Waals surface area contributed by atoms with E-state index in [1.54, 1.807) is 0 Å². The van der Waals surface area contributed by atoms with Crippen LogP contribution in [0.25, 0.3) is 0 Å². The van der Waals surface area contributed by atoms with Gasteiger partial charge in [0.25, 0.3) is 0 Å². The molecule has 2 nitrogen and oxygen atoms in total. The average Bonchev–Trinajstić information content (AvgIpc) is 3.17. The normalized spacial score (nSPS) is 37.7. The fraction of sp³-hybridized carbons (Fsp3) is 0.647. The summed E-state index contributed by atoms with van der Waals surface area (Å²) in [6.45, 7) is 0. The molecular weight excluding hydrogens is 234 g/mol. The van der Waals surface area contributed by atoms with E-state index in [0.29, 0.717) is 0 Å². The Morgan fingerprint density at radius 3 is 2.74 bits per heavy atom. The van der Waals surface area contributed by atoms with Gasteiger partial charge >= 0.3 is 0 Å². The van der Waals surface area contributed by atoms with Crippen LogP contribution in [-0.4, -0.2) is 16.7 Å². The largest absolute Gasteiger partial charge is 0.388 e. The van der Waals surface area contributed by atoms with Crippen molar-refractivity contribution in [2.24, 2.45) is 11.8 Å². The summed E-state index contributed by atoms with van der Waals surface area (Å²) in [5.41, 5.74) is 2.12. The van der Waals surface area contributed by atoms with Gasteiger partial charge in [-0.15, -0.1) is 0 Å². The summed E-state index contributed by atoms with van der Waals surface area (Å²) in [6.07, 6.45) is 8.33. The quantitative estimate of drug-likeness (QED) is 0.851. The second-order valence-electron chi connectivity index (χ2n) is 6.86. The lowest BCUT2D eigenvalue weighted by atomic mass is 9.72. The molecule has 19 heavy (non-hydrogen) atoms. The van der Waals surface area contributed by atoms with E-state index < -0.39 is 5.60 Å². The van der Waals surface area contributed by atoms with Crippen molar-refractivity contribution in [3.8, 4) is 0 Å². The summed E-state index contributed by atoms with van der Waals surface area (Å²) in [6, 6.07) is 8.73. The summed E-state index contributed by atoms with van der Waals surface area (Å²) in [5.74, 6) is 1.71. The van der Waals surface area contributed by atoms with E-state index in [-0.39, 0.29) is 6.04 Å². The molecule has 2 saturated carbocycles. The predicted molar refractivity (Wildman–Crippen MR) is 77.2 cm³/mol. The first-order valence-corrected chi connectivity index (χ1v) is 7.81. The number of nitrogens with one attached hydrogen (secondary N) is 1. The summed E-state index contributed by atoms with van der Waals surface area (Å²) in [7, 11) is 0. The van der Waals surface area contributed by atoms with Gasteiger partial charge in [-0.05, 0) is 62.0 Å². The van der Waals surface area contributed by atoms with Crippen LogP contribution in [-0.2, 0) is 6.42 Å². The molecule has 3 atom stereocenters. The Morgan fingerprint density at radius 2 is 1.95 bits per heavy atom. The predicted octanol–water partition coefficient (Wildman–Crippen LogP) is 3.35. The Kier molecular flexibility index (Phi) is 2.63. The number of hydrogen-bond donors (Lipinski definition) is 2. The number of fused-ring (bicyclic) bond motifs is 1. The molecule has 3 unspecified atom stereocenters. The van der Waals surface area contributed by atoms with E-state index >= 15 is 0 Å². The first-order chi connectivity index (χ1) is 9.24. The van der Waals surface area contributed by atoms with Crippen molar-refractivity contribution in [3.05, 3.63) is 29.8 Å². The Morgan fingerprint density at radius 1 is 1.11 bits per heavy atom. The van der Waals surface area contributed by atoms with Crippen LogP contribution < -0.4 is 5.32 Å². The van der Waals surface area contributed by atoms with Crippen LogP contribution in [0.4, 0.5) is 5.69 Å². The highest BCUT2D eigenvalue weighted by molar-refractivity contribution is 5.57. The smallest absolute Gasteiger partial charge is 0.0853 e. The third-order valence-corrected chi connectivity index (χ3v) is 5.51. The number of aliphatic hydroxyl groups is 1. The first-order valence-electron chi connectivity index (χ1n) is 7.81. The Balaban J connectivity index is 1.52. The molecule has 0 radical (unpaired) electrons. The molecule has 3 aliphatic rings. The van der Waals surface area contributed by atoms with Crippen LogP contribution >= 0.6 is 0 Å².